The van der Waals surface area contributed by atoms with E-state index in [1.165, 1.54) is 4.90 Å². The highest BCUT2D eigenvalue weighted by molar-refractivity contribution is 5.83. The third kappa shape index (κ3) is 4.11. The normalized spacial score (nSPS) is 25.2. The van der Waals surface area contributed by atoms with E-state index in [0.717, 1.165) is 12.8 Å². The Morgan fingerprint density at radius 1 is 1.37 bits per heavy atom. The van der Waals surface area contributed by atoms with E-state index in [0.29, 0.717) is 24.8 Å². The van der Waals surface area contributed by atoms with Crippen LogP contribution in [-0.2, 0) is 4.79 Å². The summed E-state index contributed by atoms with van der Waals surface area (Å²) in [7, 11) is 0. The van der Waals surface area contributed by atoms with Crippen molar-refractivity contribution in [1.29, 1.82) is 0 Å². The van der Waals surface area contributed by atoms with Gasteiger partial charge in [0, 0.05) is 12.6 Å². The lowest BCUT2D eigenvalue weighted by Crippen LogP contribution is -2.55. The summed E-state index contributed by atoms with van der Waals surface area (Å²) in [6.07, 6.45) is 2.43. The van der Waals surface area contributed by atoms with E-state index in [1.807, 2.05) is 20.8 Å². The van der Waals surface area contributed by atoms with Crippen molar-refractivity contribution in [1.82, 2.24) is 10.2 Å². The van der Waals surface area contributed by atoms with Gasteiger partial charge < -0.3 is 15.3 Å². The quantitative estimate of drug-likeness (QED) is 0.823. The number of hydrogen-bond acceptors (Lipinski definition) is 2. The first kappa shape index (κ1) is 15.8. The Hall–Kier alpha value is -1.26. The summed E-state index contributed by atoms with van der Waals surface area (Å²) >= 11 is 0. The SMILES string of the molecule is CCC1CCN(C(=O)NC(C)C(C)C)C(C(=O)O)C1. The zero-order valence-electron chi connectivity index (χ0n) is 12.3. The lowest BCUT2D eigenvalue weighted by Gasteiger charge is -2.37. The van der Waals surface area contributed by atoms with Crippen LogP contribution in [-0.4, -0.2) is 40.6 Å². The van der Waals surface area contributed by atoms with E-state index in [2.05, 4.69) is 12.2 Å². The minimum atomic E-state index is -0.898. The fourth-order valence-corrected chi connectivity index (χ4v) is 2.33. The van der Waals surface area contributed by atoms with E-state index in [4.69, 9.17) is 0 Å². The van der Waals surface area contributed by atoms with Gasteiger partial charge in [-0.3, -0.25) is 0 Å². The van der Waals surface area contributed by atoms with Crippen LogP contribution in [0.25, 0.3) is 0 Å². The molecule has 0 radical (unpaired) electrons. The van der Waals surface area contributed by atoms with Crippen molar-refractivity contribution in [2.45, 2.75) is 59.0 Å². The molecule has 0 aromatic carbocycles. The second kappa shape index (κ2) is 6.78. The molecule has 1 aliphatic heterocycles. The number of carboxylic acids is 1. The second-order valence-electron chi connectivity index (χ2n) is 5.83. The van der Waals surface area contributed by atoms with Gasteiger partial charge in [-0.25, -0.2) is 9.59 Å². The van der Waals surface area contributed by atoms with E-state index >= 15 is 0 Å². The van der Waals surface area contributed by atoms with Crippen LogP contribution in [0.1, 0.15) is 47.0 Å². The number of carbonyl (C=O) groups is 2. The molecule has 1 rings (SSSR count). The average Bonchev–Trinajstić information content (AvgIpc) is 2.37. The highest BCUT2D eigenvalue weighted by atomic mass is 16.4. The number of carbonyl (C=O) groups excluding carboxylic acids is 1. The summed E-state index contributed by atoms with van der Waals surface area (Å²) in [5.41, 5.74) is 0. The first-order valence-electron chi connectivity index (χ1n) is 7.16. The summed E-state index contributed by atoms with van der Waals surface area (Å²) in [6.45, 7) is 8.61. The van der Waals surface area contributed by atoms with Gasteiger partial charge in [0.1, 0.15) is 6.04 Å². The van der Waals surface area contributed by atoms with Gasteiger partial charge in [-0.1, -0.05) is 27.2 Å². The van der Waals surface area contributed by atoms with Crippen LogP contribution in [0, 0.1) is 11.8 Å². The fourth-order valence-electron chi connectivity index (χ4n) is 2.33. The van der Waals surface area contributed by atoms with Gasteiger partial charge in [0.25, 0.3) is 0 Å². The zero-order chi connectivity index (χ0) is 14.6. The number of nitrogens with one attached hydrogen (secondary N) is 1. The van der Waals surface area contributed by atoms with Gasteiger partial charge in [0.05, 0.1) is 0 Å². The van der Waals surface area contributed by atoms with Gasteiger partial charge in [-0.05, 0) is 31.6 Å². The number of rotatable bonds is 4. The molecule has 1 heterocycles. The minimum absolute atomic E-state index is 0.0471. The number of hydrogen-bond donors (Lipinski definition) is 2. The smallest absolute Gasteiger partial charge is 0.326 e. The summed E-state index contributed by atoms with van der Waals surface area (Å²) < 4.78 is 0. The van der Waals surface area contributed by atoms with Crippen molar-refractivity contribution >= 4 is 12.0 Å². The molecule has 1 fully saturated rings. The van der Waals surface area contributed by atoms with E-state index in [-0.39, 0.29) is 12.1 Å². The van der Waals surface area contributed by atoms with E-state index < -0.39 is 12.0 Å². The Kier molecular flexibility index (Phi) is 5.63. The molecule has 2 N–H and O–H groups in total. The molecule has 0 saturated carbocycles. The third-order valence-corrected chi connectivity index (χ3v) is 4.19. The predicted molar refractivity (Wildman–Crippen MR) is 74.0 cm³/mol. The molecule has 5 heteroatoms. The zero-order valence-corrected chi connectivity index (χ0v) is 12.3. The predicted octanol–water partition coefficient (Wildman–Crippen LogP) is 2.32. The largest absolute Gasteiger partial charge is 0.480 e. The number of amides is 2. The minimum Gasteiger partial charge on any atom is -0.480 e. The van der Waals surface area contributed by atoms with Gasteiger partial charge in [-0.2, -0.15) is 0 Å². The summed E-state index contributed by atoms with van der Waals surface area (Å²) in [4.78, 5) is 25.0. The van der Waals surface area contributed by atoms with Crippen molar-refractivity contribution in [2.24, 2.45) is 11.8 Å². The topological polar surface area (TPSA) is 69.6 Å². The van der Waals surface area contributed by atoms with Crippen molar-refractivity contribution in [2.75, 3.05) is 6.54 Å². The second-order valence-corrected chi connectivity index (χ2v) is 5.83. The van der Waals surface area contributed by atoms with Crippen molar-refractivity contribution < 1.29 is 14.7 Å². The Balaban J connectivity index is 2.69. The lowest BCUT2D eigenvalue weighted by molar-refractivity contribution is -0.144. The molecule has 1 saturated heterocycles. The molecule has 1 aliphatic rings. The molecule has 0 bridgehead atoms. The molecule has 5 nitrogen and oxygen atoms in total. The molecule has 19 heavy (non-hydrogen) atoms. The molecule has 3 atom stereocenters. The highest BCUT2D eigenvalue weighted by Gasteiger charge is 2.36. The monoisotopic (exact) mass is 270 g/mol. The maximum absolute atomic E-state index is 12.2. The molecule has 3 unspecified atom stereocenters. The maximum Gasteiger partial charge on any atom is 0.326 e. The molecule has 0 spiro atoms. The van der Waals surface area contributed by atoms with Crippen LogP contribution >= 0.6 is 0 Å². The molecule has 0 aromatic rings. The number of likely N-dealkylation sites (tertiary alicyclic amines) is 1. The third-order valence-electron chi connectivity index (χ3n) is 4.19. The van der Waals surface area contributed by atoms with Crippen LogP contribution < -0.4 is 5.32 Å². The van der Waals surface area contributed by atoms with Crippen LogP contribution in [0.5, 0.6) is 0 Å². The van der Waals surface area contributed by atoms with Gasteiger partial charge in [0.2, 0.25) is 0 Å². The van der Waals surface area contributed by atoms with Crippen LogP contribution in [0.15, 0.2) is 0 Å². The lowest BCUT2D eigenvalue weighted by atomic mass is 9.89. The Bertz CT molecular complexity index is 331. The van der Waals surface area contributed by atoms with Gasteiger partial charge >= 0.3 is 12.0 Å². The molecule has 110 valence electrons. The Morgan fingerprint density at radius 2 is 2.00 bits per heavy atom. The van der Waals surface area contributed by atoms with Crippen LogP contribution in [0.4, 0.5) is 4.79 Å². The molecular weight excluding hydrogens is 244 g/mol. The van der Waals surface area contributed by atoms with Crippen molar-refractivity contribution in [3.05, 3.63) is 0 Å². The van der Waals surface area contributed by atoms with Crippen LogP contribution in [0.2, 0.25) is 0 Å². The molecule has 0 aromatic heterocycles. The average molecular weight is 270 g/mol. The van der Waals surface area contributed by atoms with E-state index in [9.17, 15) is 14.7 Å². The summed E-state index contributed by atoms with van der Waals surface area (Å²) in [5, 5.41) is 12.2. The number of carboxylic acid groups (broad SMARTS) is 1. The standard InChI is InChI=1S/C14H26N2O3/c1-5-11-6-7-16(12(8-11)13(17)18)14(19)15-10(4)9(2)3/h9-12H,5-8H2,1-4H3,(H,15,19)(H,17,18). The van der Waals surface area contributed by atoms with Crippen molar-refractivity contribution in [3.8, 4) is 0 Å². The van der Waals surface area contributed by atoms with E-state index in [1.54, 1.807) is 0 Å². The number of nitrogens with zero attached hydrogens (tertiary/aromatic N) is 1. The first-order valence-corrected chi connectivity index (χ1v) is 7.16. The van der Waals surface area contributed by atoms with Gasteiger partial charge in [0.15, 0.2) is 0 Å². The first-order chi connectivity index (χ1) is 8.86. The molecular formula is C14H26N2O3. The number of piperidine rings is 1. The Labute approximate surface area is 115 Å². The fraction of sp³-hybridized carbons (Fsp3) is 0.857. The van der Waals surface area contributed by atoms with Crippen LogP contribution in [0.3, 0.4) is 0 Å². The van der Waals surface area contributed by atoms with Crippen molar-refractivity contribution in [3.63, 3.8) is 0 Å². The number of urea groups is 1. The molecule has 0 aliphatic carbocycles. The maximum atomic E-state index is 12.2. The summed E-state index contributed by atoms with van der Waals surface area (Å²) in [5.74, 6) is -0.154. The summed E-state index contributed by atoms with van der Waals surface area (Å²) in [6, 6.07) is -0.882. The van der Waals surface area contributed by atoms with Gasteiger partial charge in [-0.15, -0.1) is 0 Å². The highest BCUT2D eigenvalue weighted by Crippen LogP contribution is 2.25. The number of aliphatic carboxylic acids is 1. The molecule has 2 amide bonds. The Morgan fingerprint density at radius 3 is 2.47 bits per heavy atom.